The molecule has 1 aliphatic carbocycles. The molecule has 4 nitrogen and oxygen atoms in total. The number of aliphatic carboxylic acids is 1. The third-order valence-corrected chi connectivity index (χ3v) is 4.32. The number of ether oxygens (including phenoxy) is 1. The van der Waals surface area contributed by atoms with Gasteiger partial charge < -0.3 is 9.84 Å². The molecule has 124 valence electrons. The smallest absolute Gasteiger partial charge is 0.326 e. The molecule has 0 bridgehead atoms. The van der Waals surface area contributed by atoms with E-state index in [4.69, 9.17) is 4.74 Å². The van der Waals surface area contributed by atoms with Gasteiger partial charge in [-0.15, -0.1) is 0 Å². The molecule has 0 aromatic rings. The van der Waals surface area contributed by atoms with Gasteiger partial charge in [-0.2, -0.15) is 0 Å². The van der Waals surface area contributed by atoms with Gasteiger partial charge in [0.25, 0.3) is 0 Å². The Morgan fingerprint density at radius 1 is 1.14 bits per heavy atom. The van der Waals surface area contributed by atoms with E-state index >= 15 is 0 Å². The van der Waals surface area contributed by atoms with Gasteiger partial charge in [-0.1, -0.05) is 46.0 Å². The fourth-order valence-corrected chi connectivity index (χ4v) is 2.77. The molecule has 0 aromatic heterocycles. The van der Waals surface area contributed by atoms with Crippen LogP contribution in [0.5, 0.6) is 0 Å². The van der Waals surface area contributed by atoms with Gasteiger partial charge in [0.2, 0.25) is 0 Å². The van der Waals surface area contributed by atoms with E-state index in [0.29, 0.717) is 13.2 Å². The predicted molar refractivity (Wildman–Crippen MR) is 85.6 cm³/mol. The van der Waals surface area contributed by atoms with E-state index in [1.807, 2.05) is 0 Å². The van der Waals surface area contributed by atoms with Crippen LogP contribution in [0.2, 0.25) is 0 Å². The summed E-state index contributed by atoms with van der Waals surface area (Å²) in [6.07, 6.45) is 10.3. The number of nitrogens with one attached hydrogen (secondary N) is 1. The minimum atomic E-state index is -0.849. The third kappa shape index (κ3) is 6.35. The highest BCUT2D eigenvalue weighted by Gasteiger charge is 2.51. The van der Waals surface area contributed by atoms with Crippen molar-refractivity contribution >= 4 is 5.97 Å². The van der Waals surface area contributed by atoms with Gasteiger partial charge in [0.15, 0.2) is 0 Å². The summed E-state index contributed by atoms with van der Waals surface area (Å²) in [5, 5.41) is 12.9. The molecule has 1 fully saturated rings. The maximum absolute atomic E-state index is 11.7. The lowest BCUT2D eigenvalue weighted by Crippen LogP contribution is -2.57. The van der Waals surface area contributed by atoms with Crippen LogP contribution in [0.4, 0.5) is 0 Å². The van der Waals surface area contributed by atoms with Crippen LogP contribution in [0.25, 0.3) is 0 Å². The Labute approximate surface area is 129 Å². The monoisotopic (exact) mass is 299 g/mol. The molecule has 1 unspecified atom stereocenters. The van der Waals surface area contributed by atoms with Crippen LogP contribution < -0.4 is 5.32 Å². The predicted octanol–water partition coefficient (Wildman–Crippen LogP) is 3.60. The zero-order chi connectivity index (χ0) is 15.6. The summed E-state index contributed by atoms with van der Waals surface area (Å²) in [6.45, 7) is 6.01. The van der Waals surface area contributed by atoms with E-state index in [1.165, 1.54) is 32.1 Å². The molecule has 0 aliphatic heterocycles. The fraction of sp³-hybridized carbons (Fsp3) is 0.941. The Balaban J connectivity index is 2.25. The first-order valence-corrected chi connectivity index (χ1v) is 8.73. The van der Waals surface area contributed by atoms with E-state index in [1.54, 1.807) is 0 Å². The van der Waals surface area contributed by atoms with Gasteiger partial charge in [-0.05, 0) is 38.1 Å². The van der Waals surface area contributed by atoms with E-state index in [0.717, 1.165) is 32.2 Å². The van der Waals surface area contributed by atoms with Crippen molar-refractivity contribution in [3.8, 4) is 0 Å². The molecule has 4 heteroatoms. The Morgan fingerprint density at radius 3 is 2.38 bits per heavy atom. The first-order valence-electron chi connectivity index (χ1n) is 8.73. The molecule has 1 atom stereocenters. The summed E-state index contributed by atoms with van der Waals surface area (Å²) in [5.74, 6) is -0.507. The van der Waals surface area contributed by atoms with Gasteiger partial charge in [0.05, 0.1) is 6.61 Å². The number of carboxylic acids is 1. The highest BCUT2D eigenvalue weighted by molar-refractivity contribution is 5.80. The molecule has 0 heterocycles. The zero-order valence-corrected chi connectivity index (χ0v) is 13.8. The Kier molecular flexibility index (Phi) is 8.93. The van der Waals surface area contributed by atoms with Gasteiger partial charge in [-0.25, -0.2) is 0 Å². The van der Waals surface area contributed by atoms with Crippen LogP contribution in [0, 0.1) is 5.92 Å². The molecule has 0 saturated heterocycles. The molecule has 1 aliphatic rings. The number of hydrogen-bond donors (Lipinski definition) is 2. The lowest BCUT2D eigenvalue weighted by atomic mass is 9.94. The quantitative estimate of drug-likeness (QED) is 0.481. The number of rotatable bonds is 14. The second kappa shape index (κ2) is 10.2. The van der Waals surface area contributed by atoms with Crippen molar-refractivity contribution in [3.05, 3.63) is 0 Å². The van der Waals surface area contributed by atoms with E-state index < -0.39 is 11.5 Å². The standard InChI is InChI=1S/C17H33NO3/c1-3-5-6-7-8-9-13-21-14-17(16(19)20,15-10-11-15)18-12-4-2/h15,18H,3-14H2,1-2H3,(H,19,20). The van der Waals surface area contributed by atoms with Crippen molar-refractivity contribution in [2.24, 2.45) is 5.92 Å². The lowest BCUT2D eigenvalue weighted by molar-refractivity contribution is -0.149. The summed E-state index contributed by atoms with van der Waals surface area (Å²) in [7, 11) is 0. The summed E-state index contributed by atoms with van der Waals surface area (Å²) in [6, 6.07) is 0. The molecule has 0 spiro atoms. The van der Waals surface area contributed by atoms with Crippen molar-refractivity contribution in [1.82, 2.24) is 5.32 Å². The Bertz CT molecular complexity index is 292. The molecular weight excluding hydrogens is 266 g/mol. The summed E-state index contributed by atoms with van der Waals surface area (Å²) in [4.78, 5) is 11.7. The molecule has 1 rings (SSSR count). The van der Waals surface area contributed by atoms with Crippen molar-refractivity contribution in [1.29, 1.82) is 0 Å². The molecule has 0 amide bonds. The third-order valence-electron chi connectivity index (χ3n) is 4.32. The van der Waals surface area contributed by atoms with Crippen LogP contribution >= 0.6 is 0 Å². The van der Waals surface area contributed by atoms with Gasteiger partial charge in [0.1, 0.15) is 5.54 Å². The van der Waals surface area contributed by atoms with Gasteiger partial charge >= 0.3 is 5.97 Å². The van der Waals surface area contributed by atoms with Crippen LogP contribution in [0.1, 0.15) is 71.6 Å². The van der Waals surface area contributed by atoms with Crippen molar-refractivity contribution < 1.29 is 14.6 Å². The highest BCUT2D eigenvalue weighted by Crippen LogP contribution is 2.40. The van der Waals surface area contributed by atoms with Gasteiger partial charge in [-0.3, -0.25) is 10.1 Å². The number of hydrogen-bond acceptors (Lipinski definition) is 3. The summed E-state index contributed by atoms with van der Waals surface area (Å²) < 4.78 is 5.72. The topological polar surface area (TPSA) is 58.6 Å². The average Bonchev–Trinajstić information content (AvgIpc) is 3.30. The summed E-state index contributed by atoms with van der Waals surface area (Å²) in [5.41, 5.74) is -0.849. The minimum Gasteiger partial charge on any atom is -0.480 e. The Hall–Kier alpha value is -0.610. The second-order valence-corrected chi connectivity index (χ2v) is 6.30. The number of carbonyl (C=O) groups is 1. The van der Waals surface area contributed by atoms with E-state index in [9.17, 15) is 9.90 Å². The molecule has 0 radical (unpaired) electrons. The number of carboxylic acid groups (broad SMARTS) is 1. The minimum absolute atomic E-state index is 0.242. The SMILES string of the molecule is CCCCCCCCOCC(NCCC)(C(=O)O)C1CC1. The van der Waals surface area contributed by atoms with E-state index in [2.05, 4.69) is 19.2 Å². The fourth-order valence-electron chi connectivity index (χ4n) is 2.77. The van der Waals surface area contributed by atoms with Gasteiger partial charge in [0, 0.05) is 6.61 Å². The summed E-state index contributed by atoms with van der Waals surface area (Å²) >= 11 is 0. The Morgan fingerprint density at radius 2 is 1.81 bits per heavy atom. The maximum atomic E-state index is 11.7. The van der Waals surface area contributed by atoms with Crippen LogP contribution in [-0.4, -0.2) is 36.4 Å². The van der Waals surface area contributed by atoms with Crippen molar-refractivity contribution in [2.75, 3.05) is 19.8 Å². The van der Waals surface area contributed by atoms with Crippen LogP contribution in [0.3, 0.4) is 0 Å². The highest BCUT2D eigenvalue weighted by atomic mass is 16.5. The van der Waals surface area contributed by atoms with Crippen LogP contribution in [-0.2, 0) is 9.53 Å². The zero-order valence-electron chi connectivity index (χ0n) is 13.8. The van der Waals surface area contributed by atoms with Crippen molar-refractivity contribution in [3.63, 3.8) is 0 Å². The van der Waals surface area contributed by atoms with E-state index in [-0.39, 0.29) is 5.92 Å². The molecule has 2 N–H and O–H groups in total. The molecule has 0 aromatic carbocycles. The van der Waals surface area contributed by atoms with Crippen LogP contribution in [0.15, 0.2) is 0 Å². The lowest BCUT2D eigenvalue weighted by Gasteiger charge is -2.30. The molecular formula is C17H33NO3. The average molecular weight is 299 g/mol. The maximum Gasteiger partial charge on any atom is 0.326 e. The first-order chi connectivity index (χ1) is 10.2. The number of unbranched alkanes of at least 4 members (excludes halogenated alkanes) is 5. The normalized spacial score (nSPS) is 17.6. The molecule has 21 heavy (non-hydrogen) atoms. The second-order valence-electron chi connectivity index (χ2n) is 6.30. The first kappa shape index (κ1) is 18.4. The molecule has 1 saturated carbocycles. The largest absolute Gasteiger partial charge is 0.480 e. The van der Waals surface area contributed by atoms with Crippen molar-refractivity contribution in [2.45, 2.75) is 77.2 Å².